The number of hydrogen-bond acceptors (Lipinski definition) is 4. The van der Waals surface area contributed by atoms with Crippen LogP contribution in [-0.4, -0.2) is 21.3 Å². The van der Waals surface area contributed by atoms with Gasteiger partial charge in [0.15, 0.2) is 0 Å². The standard InChI is InChI=1S/C15H23N5/c1-5-9-16-14-7-6-8-15(18-14)17-10-13-11(2)19-20(4)12(13)3/h6-8H,5,9-10H2,1-4H3,(H2,16,17,18). The molecule has 2 aromatic rings. The molecule has 0 aromatic carbocycles. The molecule has 0 aliphatic carbocycles. The van der Waals surface area contributed by atoms with Gasteiger partial charge in [-0.1, -0.05) is 13.0 Å². The van der Waals surface area contributed by atoms with E-state index in [1.807, 2.05) is 36.9 Å². The van der Waals surface area contributed by atoms with E-state index in [9.17, 15) is 0 Å². The normalized spacial score (nSPS) is 10.6. The van der Waals surface area contributed by atoms with Crippen LogP contribution in [-0.2, 0) is 13.6 Å². The van der Waals surface area contributed by atoms with Gasteiger partial charge in [0.1, 0.15) is 11.6 Å². The van der Waals surface area contributed by atoms with E-state index in [2.05, 4.69) is 34.6 Å². The van der Waals surface area contributed by atoms with Gasteiger partial charge < -0.3 is 10.6 Å². The molecular weight excluding hydrogens is 250 g/mol. The van der Waals surface area contributed by atoms with Gasteiger partial charge in [-0.2, -0.15) is 5.10 Å². The summed E-state index contributed by atoms with van der Waals surface area (Å²) in [5.41, 5.74) is 3.49. The van der Waals surface area contributed by atoms with Gasteiger partial charge >= 0.3 is 0 Å². The molecule has 0 bridgehead atoms. The lowest BCUT2D eigenvalue weighted by atomic mass is 10.2. The van der Waals surface area contributed by atoms with Crippen molar-refractivity contribution in [3.05, 3.63) is 35.2 Å². The predicted octanol–water partition coefficient (Wildman–Crippen LogP) is 2.87. The number of aryl methyl sites for hydroxylation is 2. The van der Waals surface area contributed by atoms with Crippen molar-refractivity contribution in [3.8, 4) is 0 Å². The van der Waals surface area contributed by atoms with Crippen molar-refractivity contribution in [2.75, 3.05) is 17.2 Å². The molecule has 2 rings (SSSR count). The summed E-state index contributed by atoms with van der Waals surface area (Å²) >= 11 is 0. The van der Waals surface area contributed by atoms with Crippen LogP contribution in [0.1, 0.15) is 30.3 Å². The molecule has 0 spiro atoms. The maximum atomic E-state index is 4.54. The van der Waals surface area contributed by atoms with Gasteiger partial charge in [-0.25, -0.2) is 4.98 Å². The summed E-state index contributed by atoms with van der Waals surface area (Å²) in [6.07, 6.45) is 1.09. The molecule has 0 unspecified atom stereocenters. The minimum absolute atomic E-state index is 0.746. The van der Waals surface area contributed by atoms with Crippen molar-refractivity contribution >= 4 is 11.6 Å². The average molecular weight is 273 g/mol. The van der Waals surface area contributed by atoms with Gasteiger partial charge in [0.25, 0.3) is 0 Å². The van der Waals surface area contributed by atoms with Gasteiger partial charge in [0.05, 0.1) is 5.69 Å². The monoisotopic (exact) mass is 273 g/mol. The maximum Gasteiger partial charge on any atom is 0.128 e. The van der Waals surface area contributed by atoms with Crippen LogP contribution >= 0.6 is 0 Å². The first-order valence-corrected chi connectivity index (χ1v) is 7.05. The fourth-order valence-electron chi connectivity index (χ4n) is 2.14. The Morgan fingerprint density at radius 3 is 2.45 bits per heavy atom. The summed E-state index contributed by atoms with van der Waals surface area (Å²) in [5.74, 6) is 1.80. The van der Waals surface area contributed by atoms with Crippen LogP contribution in [0.15, 0.2) is 18.2 Å². The second kappa shape index (κ2) is 6.41. The number of hydrogen-bond donors (Lipinski definition) is 2. The molecule has 2 aromatic heterocycles. The van der Waals surface area contributed by atoms with Gasteiger partial charge in [-0.3, -0.25) is 4.68 Å². The second-order valence-electron chi connectivity index (χ2n) is 4.96. The Labute approximate surface area is 120 Å². The maximum absolute atomic E-state index is 4.54. The quantitative estimate of drug-likeness (QED) is 0.849. The first-order chi connectivity index (χ1) is 9.61. The fourth-order valence-corrected chi connectivity index (χ4v) is 2.14. The molecule has 5 heteroatoms. The van der Waals surface area contributed by atoms with Gasteiger partial charge in [0.2, 0.25) is 0 Å². The zero-order valence-corrected chi connectivity index (χ0v) is 12.7. The number of nitrogens with zero attached hydrogens (tertiary/aromatic N) is 3. The van der Waals surface area contributed by atoms with E-state index in [0.29, 0.717) is 0 Å². The summed E-state index contributed by atoms with van der Waals surface area (Å²) in [7, 11) is 1.97. The Morgan fingerprint density at radius 2 is 1.85 bits per heavy atom. The summed E-state index contributed by atoms with van der Waals surface area (Å²) in [6, 6.07) is 5.98. The molecule has 0 radical (unpaired) electrons. The molecule has 108 valence electrons. The van der Waals surface area contributed by atoms with Crippen LogP contribution < -0.4 is 10.6 Å². The van der Waals surface area contributed by atoms with Crippen molar-refractivity contribution in [2.45, 2.75) is 33.7 Å². The van der Waals surface area contributed by atoms with E-state index >= 15 is 0 Å². The lowest BCUT2D eigenvalue weighted by Gasteiger charge is -2.09. The van der Waals surface area contributed by atoms with Crippen LogP contribution in [0.4, 0.5) is 11.6 Å². The van der Waals surface area contributed by atoms with E-state index in [1.165, 1.54) is 11.3 Å². The third kappa shape index (κ3) is 3.29. The smallest absolute Gasteiger partial charge is 0.128 e. The minimum Gasteiger partial charge on any atom is -0.370 e. The van der Waals surface area contributed by atoms with Gasteiger partial charge in [-0.05, 0) is 32.4 Å². The average Bonchev–Trinajstić information content (AvgIpc) is 2.68. The van der Waals surface area contributed by atoms with Crippen molar-refractivity contribution in [1.29, 1.82) is 0 Å². The Bertz CT molecular complexity index is 574. The SMILES string of the molecule is CCCNc1cccc(NCc2c(C)nn(C)c2C)n1. The highest BCUT2D eigenvalue weighted by Crippen LogP contribution is 2.15. The first kappa shape index (κ1) is 14.4. The molecule has 2 heterocycles. The Hall–Kier alpha value is -2.04. The van der Waals surface area contributed by atoms with Crippen molar-refractivity contribution in [1.82, 2.24) is 14.8 Å². The van der Waals surface area contributed by atoms with Gasteiger partial charge in [0, 0.05) is 31.4 Å². The van der Waals surface area contributed by atoms with Crippen molar-refractivity contribution in [2.24, 2.45) is 7.05 Å². The number of rotatable bonds is 6. The predicted molar refractivity (Wildman–Crippen MR) is 83.0 cm³/mol. The first-order valence-electron chi connectivity index (χ1n) is 7.05. The fraction of sp³-hybridized carbons (Fsp3) is 0.467. The summed E-state index contributed by atoms with van der Waals surface area (Å²) in [5, 5.41) is 11.1. The molecule has 0 aliphatic rings. The summed E-state index contributed by atoms with van der Waals surface area (Å²) in [4.78, 5) is 4.54. The number of aromatic nitrogens is 3. The summed E-state index contributed by atoms with van der Waals surface area (Å²) in [6.45, 7) is 7.95. The third-order valence-corrected chi connectivity index (χ3v) is 3.41. The Morgan fingerprint density at radius 1 is 1.15 bits per heavy atom. The van der Waals surface area contributed by atoms with Crippen LogP contribution in [0.2, 0.25) is 0 Å². The zero-order chi connectivity index (χ0) is 14.5. The molecule has 2 N–H and O–H groups in total. The Kier molecular flexibility index (Phi) is 4.61. The molecule has 0 aliphatic heterocycles. The van der Waals surface area contributed by atoms with Crippen LogP contribution in [0.25, 0.3) is 0 Å². The van der Waals surface area contributed by atoms with Crippen LogP contribution in [0, 0.1) is 13.8 Å². The topological polar surface area (TPSA) is 54.8 Å². The van der Waals surface area contributed by atoms with E-state index in [4.69, 9.17) is 0 Å². The summed E-state index contributed by atoms with van der Waals surface area (Å²) < 4.78 is 1.92. The van der Waals surface area contributed by atoms with Crippen LogP contribution in [0.5, 0.6) is 0 Å². The molecule has 0 saturated heterocycles. The minimum atomic E-state index is 0.746. The van der Waals surface area contributed by atoms with Crippen molar-refractivity contribution < 1.29 is 0 Å². The molecule has 0 saturated carbocycles. The lowest BCUT2D eigenvalue weighted by Crippen LogP contribution is -2.06. The van der Waals surface area contributed by atoms with E-state index < -0.39 is 0 Å². The van der Waals surface area contributed by atoms with Crippen LogP contribution in [0.3, 0.4) is 0 Å². The number of nitrogens with one attached hydrogen (secondary N) is 2. The lowest BCUT2D eigenvalue weighted by molar-refractivity contribution is 0.730. The highest BCUT2D eigenvalue weighted by Gasteiger charge is 2.09. The van der Waals surface area contributed by atoms with E-state index in [1.54, 1.807) is 0 Å². The molecule has 0 fully saturated rings. The Balaban J connectivity index is 2.03. The molecule has 5 nitrogen and oxygen atoms in total. The van der Waals surface area contributed by atoms with Crippen molar-refractivity contribution in [3.63, 3.8) is 0 Å². The molecule has 20 heavy (non-hydrogen) atoms. The molecule has 0 atom stereocenters. The van der Waals surface area contributed by atoms with Gasteiger partial charge in [-0.15, -0.1) is 0 Å². The van der Waals surface area contributed by atoms with E-state index in [0.717, 1.165) is 36.8 Å². The number of pyridine rings is 1. The zero-order valence-electron chi connectivity index (χ0n) is 12.7. The molecule has 0 amide bonds. The second-order valence-corrected chi connectivity index (χ2v) is 4.96. The highest BCUT2D eigenvalue weighted by atomic mass is 15.3. The largest absolute Gasteiger partial charge is 0.370 e. The number of anilines is 2. The molecular formula is C15H23N5. The third-order valence-electron chi connectivity index (χ3n) is 3.41. The highest BCUT2D eigenvalue weighted by molar-refractivity contribution is 5.45. The van der Waals surface area contributed by atoms with E-state index in [-0.39, 0.29) is 0 Å².